The fraction of sp³-hybridized carbons (Fsp3) is 0.714. The third kappa shape index (κ3) is 3.16. The first-order valence-corrected chi connectivity index (χ1v) is 8.23. The highest BCUT2D eigenvalue weighted by molar-refractivity contribution is 7.99. The zero-order valence-corrected chi connectivity index (χ0v) is 13.9. The van der Waals surface area contributed by atoms with E-state index in [9.17, 15) is 0 Å². The van der Waals surface area contributed by atoms with E-state index in [2.05, 4.69) is 37.6 Å². The summed E-state index contributed by atoms with van der Waals surface area (Å²) in [6.07, 6.45) is 0. The van der Waals surface area contributed by atoms with Crippen LogP contribution in [0, 0.1) is 6.92 Å². The van der Waals surface area contributed by atoms with Crippen LogP contribution >= 0.6 is 23.4 Å². The summed E-state index contributed by atoms with van der Waals surface area (Å²) in [7, 11) is 0. The molecule has 1 atom stereocenters. The van der Waals surface area contributed by atoms with E-state index in [-0.39, 0.29) is 5.41 Å². The smallest absolute Gasteiger partial charge is 0.137 e. The van der Waals surface area contributed by atoms with Crippen LogP contribution in [0.3, 0.4) is 0 Å². The van der Waals surface area contributed by atoms with Crippen molar-refractivity contribution in [2.45, 2.75) is 46.1 Å². The highest BCUT2D eigenvalue weighted by Crippen LogP contribution is 2.31. The van der Waals surface area contributed by atoms with E-state index in [1.54, 1.807) is 0 Å². The standard InChI is InChI=1S/C14H22ClN3S/c1-9-8-19-7-6-18(9)12-10(2)11(15)16-13(17-12)14(3,4)5/h9H,6-8H2,1-5H3. The van der Waals surface area contributed by atoms with Gasteiger partial charge in [-0.05, 0) is 13.8 Å². The Morgan fingerprint density at radius 3 is 2.58 bits per heavy atom. The lowest BCUT2D eigenvalue weighted by atomic mass is 9.95. The van der Waals surface area contributed by atoms with Gasteiger partial charge in [0.25, 0.3) is 0 Å². The third-order valence-corrected chi connectivity index (χ3v) is 4.93. The predicted octanol–water partition coefficient (Wildman–Crippen LogP) is 3.68. The molecule has 0 bridgehead atoms. The third-order valence-electron chi connectivity index (χ3n) is 3.37. The molecule has 1 aliphatic heterocycles. The van der Waals surface area contributed by atoms with Crippen molar-refractivity contribution in [3.63, 3.8) is 0 Å². The maximum Gasteiger partial charge on any atom is 0.137 e. The van der Waals surface area contributed by atoms with Gasteiger partial charge in [0.15, 0.2) is 0 Å². The Hall–Kier alpha value is -0.480. The summed E-state index contributed by atoms with van der Waals surface area (Å²) >= 11 is 8.31. The fourth-order valence-corrected chi connectivity index (χ4v) is 3.31. The minimum Gasteiger partial charge on any atom is -0.352 e. The van der Waals surface area contributed by atoms with Crippen molar-refractivity contribution >= 4 is 29.2 Å². The van der Waals surface area contributed by atoms with Gasteiger partial charge in [-0.25, -0.2) is 9.97 Å². The minimum atomic E-state index is -0.0835. The van der Waals surface area contributed by atoms with E-state index in [0.29, 0.717) is 11.2 Å². The van der Waals surface area contributed by atoms with Gasteiger partial charge >= 0.3 is 0 Å². The summed E-state index contributed by atoms with van der Waals surface area (Å²) in [5.74, 6) is 4.13. The molecule has 0 amide bonds. The summed E-state index contributed by atoms with van der Waals surface area (Å²) in [4.78, 5) is 11.6. The largest absolute Gasteiger partial charge is 0.352 e. The Morgan fingerprint density at radius 1 is 1.32 bits per heavy atom. The summed E-state index contributed by atoms with van der Waals surface area (Å²) in [5, 5.41) is 0.584. The van der Waals surface area contributed by atoms with Crippen LogP contribution in [0.15, 0.2) is 0 Å². The highest BCUT2D eigenvalue weighted by Gasteiger charge is 2.26. The summed E-state index contributed by atoms with van der Waals surface area (Å²) in [5.41, 5.74) is 0.910. The molecule has 106 valence electrons. The number of rotatable bonds is 1. The fourth-order valence-electron chi connectivity index (χ4n) is 2.14. The van der Waals surface area contributed by atoms with Gasteiger partial charge in [-0.1, -0.05) is 32.4 Å². The first-order chi connectivity index (χ1) is 8.80. The summed E-state index contributed by atoms with van der Waals surface area (Å²) < 4.78 is 0. The van der Waals surface area contributed by atoms with Crippen molar-refractivity contribution in [2.24, 2.45) is 0 Å². The van der Waals surface area contributed by atoms with Crippen molar-refractivity contribution in [3.8, 4) is 0 Å². The molecule has 1 aromatic heterocycles. The van der Waals surface area contributed by atoms with E-state index in [1.807, 2.05) is 18.7 Å². The predicted molar refractivity (Wildman–Crippen MR) is 84.6 cm³/mol. The van der Waals surface area contributed by atoms with Crippen LogP contribution in [0.4, 0.5) is 5.82 Å². The van der Waals surface area contributed by atoms with Gasteiger partial charge in [-0.3, -0.25) is 0 Å². The molecule has 1 fully saturated rings. The van der Waals surface area contributed by atoms with Gasteiger partial charge in [0.1, 0.15) is 16.8 Å². The van der Waals surface area contributed by atoms with Gasteiger partial charge in [-0.15, -0.1) is 0 Å². The number of anilines is 1. The van der Waals surface area contributed by atoms with Gasteiger partial charge in [0.2, 0.25) is 0 Å². The first kappa shape index (κ1) is 14.9. The van der Waals surface area contributed by atoms with Crippen molar-refractivity contribution in [1.29, 1.82) is 0 Å². The second kappa shape index (κ2) is 5.49. The second-order valence-corrected chi connectivity index (χ2v) is 7.66. The van der Waals surface area contributed by atoms with Gasteiger partial charge in [0, 0.05) is 35.1 Å². The van der Waals surface area contributed by atoms with E-state index >= 15 is 0 Å². The average Bonchev–Trinajstić information content (AvgIpc) is 2.32. The SMILES string of the molecule is Cc1c(Cl)nc(C(C)(C)C)nc1N1CCSCC1C. The summed E-state index contributed by atoms with van der Waals surface area (Å²) in [6.45, 7) is 11.6. The van der Waals surface area contributed by atoms with Crippen LogP contribution < -0.4 is 4.90 Å². The van der Waals surface area contributed by atoms with E-state index < -0.39 is 0 Å². The molecule has 1 aromatic rings. The van der Waals surface area contributed by atoms with Gasteiger partial charge in [0.05, 0.1) is 0 Å². The number of hydrogen-bond acceptors (Lipinski definition) is 4. The first-order valence-electron chi connectivity index (χ1n) is 6.69. The molecule has 0 saturated carbocycles. The zero-order chi connectivity index (χ0) is 14.2. The number of nitrogens with zero attached hydrogens (tertiary/aromatic N) is 3. The van der Waals surface area contributed by atoms with E-state index in [1.165, 1.54) is 0 Å². The van der Waals surface area contributed by atoms with Crippen molar-refractivity contribution in [3.05, 3.63) is 16.5 Å². The zero-order valence-electron chi connectivity index (χ0n) is 12.3. The molecule has 0 spiro atoms. The molecule has 0 radical (unpaired) electrons. The molecule has 2 rings (SSSR count). The maximum atomic E-state index is 6.31. The average molecular weight is 300 g/mol. The summed E-state index contributed by atoms with van der Waals surface area (Å²) in [6, 6.07) is 0.497. The lowest BCUT2D eigenvalue weighted by molar-refractivity contribution is 0.541. The van der Waals surface area contributed by atoms with Crippen LogP contribution in [0.2, 0.25) is 5.15 Å². The monoisotopic (exact) mass is 299 g/mol. The highest BCUT2D eigenvalue weighted by atomic mass is 35.5. The molecule has 2 heterocycles. The molecule has 0 N–H and O–H groups in total. The van der Waals surface area contributed by atoms with E-state index in [0.717, 1.165) is 35.3 Å². The number of hydrogen-bond donors (Lipinski definition) is 0. The van der Waals surface area contributed by atoms with Crippen molar-refractivity contribution in [2.75, 3.05) is 23.0 Å². The van der Waals surface area contributed by atoms with Gasteiger partial charge < -0.3 is 4.90 Å². The topological polar surface area (TPSA) is 29.0 Å². The number of aromatic nitrogens is 2. The lowest BCUT2D eigenvalue weighted by Gasteiger charge is -2.35. The Balaban J connectivity index is 2.46. The van der Waals surface area contributed by atoms with Crippen molar-refractivity contribution in [1.82, 2.24) is 9.97 Å². The van der Waals surface area contributed by atoms with Crippen molar-refractivity contribution < 1.29 is 0 Å². The molecule has 19 heavy (non-hydrogen) atoms. The maximum absolute atomic E-state index is 6.31. The molecular formula is C14H22ClN3S. The Kier molecular flexibility index (Phi) is 4.31. The number of thioether (sulfide) groups is 1. The van der Waals surface area contributed by atoms with Crippen LogP contribution in [-0.2, 0) is 5.41 Å². The Morgan fingerprint density at radius 2 is 2.00 bits per heavy atom. The minimum absolute atomic E-state index is 0.0835. The molecule has 1 saturated heterocycles. The van der Waals surface area contributed by atoms with Crippen LogP contribution in [0.1, 0.15) is 39.1 Å². The Labute approximate surface area is 125 Å². The van der Waals surface area contributed by atoms with Crippen LogP contribution in [0.5, 0.6) is 0 Å². The molecule has 5 heteroatoms. The Bertz CT molecular complexity index is 470. The van der Waals surface area contributed by atoms with Crippen LogP contribution in [0.25, 0.3) is 0 Å². The van der Waals surface area contributed by atoms with Gasteiger partial charge in [-0.2, -0.15) is 11.8 Å². The van der Waals surface area contributed by atoms with Crippen LogP contribution in [-0.4, -0.2) is 34.1 Å². The molecular weight excluding hydrogens is 278 g/mol. The lowest BCUT2D eigenvalue weighted by Crippen LogP contribution is -2.41. The molecule has 1 unspecified atom stereocenters. The normalized spacial score (nSPS) is 20.7. The second-order valence-electron chi connectivity index (χ2n) is 6.15. The molecule has 0 aromatic carbocycles. The van der Waals surface area contributed by atoms with E-state index in [4.69, 9.17) is 16.6 Å². The number of halogens is 1. The quantitative estimate of drug-likeness (QED) is 0.740. The molecule has 3 nitrogen and oxygen atoms in total. The molecule has 0 aliphatic carbocycles. The molecule has 1 aliphatic rings.